The van der Waals surface area contributed by atoms with Crippen LogP contribution in [0, 0.1) is 0 Å². The topological polar surface area (TPSA) is 63.0 Å². The molecule has 0 radical (unpaired) electrons. The van der Waals surface area contributed by atoms with Crippen molar-refractivity contribution in [2.75, 3.05) is 13.2 Å². The predicted molar refractivity (Wildman–Crippen MR) is 49.5 cm³/mol. The molecule has 0 aromatic carbocycles. The van der Waals surface area contributed by atoms with Crippen molar-refractivity contribution in [2.24, 2.45) is 0 Å². The van der Waals surface area contributed by atoms with Crippen LogP contribution >= 0.6 is 0 Å². The van der Waals surface area contributed by atoms with Crippen LogP contribution in [0.3, 0.4) is 0 Å². The molecule has 92 valence electrons. The summed E-state index contributed by atoms with van der Waals surface area (Å²) in [5.41, 5.74) is 0.552. The highest BCUT2D eigenvalue weighted by Gasteiger charge is 2.25. The number of aliphatic hydroxyl groups is 1. The summed E-state index contributed by atoms with van der Waals surface area (Å²) >= 11 is 0. The lowest BCUT2D eigenvalue weighted by molar-refractivity contribution is -0.133. The number of nitrogens with one attached hydrogen (secondary N) is 1. The second-order valence-electron chi connectivity index (χ2n) is 3.24. The van der Waals surface area contributed by atoms with Gasteiger partial charge in [-0.05, 0) is 0 Å². The lowest BCUT2D eigenvalue weighted by Gasteiger charge is -2.05. The zero-order valence-electron chi connectivity index (χ0n) is 8.54. The molecule has 0 aliphatic heterocycles. The molecule has 0 aliphatic rings. The van der Waals surface area contributed by atoms with Crippen LogP contribution in [-0.4, -0.2) is 39.4 Å². The Morgan fingerprint density at radius 1 is 1.44 bits per heavy atom. The fraction of sp³-hybridized carbons (Fsp3) is 0.750. The summed E-state index contributed by atoms with van der Waals surface area (Å²) in [5, 5.41) is 18.6. The minimum absolute atomic E-state index is 0.0513. The fourth-order valence-corrected chi connectivity index (χ4v) is 1.08. The Morgan fingerprint density at radius 3 is 2.81 bits per heavy atom. The molecule has 2 N–H and O–H groups in total. The van der Waals surface area contributed by atoms with Crippen molar-refractivity contribution in [2.45, 2.75) is 25.7 Å². The third-order valence-electron chi connectivity index (χ3n) is 1.81. The molecule has 0 fully saturated rings. The number of rotatable bonds is 6. The molecule has 0 bridgehead atoms. The van der Waals surface area contributed by atoms with Gasteiger partial charge in [0.2, 0.25) is 0 Å². The smallest absolute Gasteiger partial charge is 0.390 e. The van der Waals surface area contributed by atoms with E-state index in [0.717, 1.165) is 0 Å². The van der Waals surface area contributed by atoms with E-state index in [2.05, 4.69) is 15.6 Å². The predicted octanol–water partition coefficient (Wildman–Crippen LogP) is 0.312. The second kappa shape index (κ2) is 5.80. The van der Waals surface area contributed by atoms with Gasteiger partial charge in [0.25, 0.3) is 0 Å². The van der Waals surface area contributed by atoms with Crippen LogP contribution in [0.15, 0.2) is 6.20 Å². The lowest BCUT2D eigenvalue weighted by atomic mass is 10.4. The van der Waals surface area contributed by atoms with Gasteiger partial charge in [-0.15, -0.1) is 5.10 Å². The monoisotopic (exact) mass is 238 g/mol. The summed E-state index contributed by atoms with van der Waals surface area (Å²) in [6.07, 6.45) is -3.42. The van der Waals surface area contributed by atoms with E-state index in [-0.39, 0.29) is 19.7 Å². The first-order valence-corrected chi connectivity index (χ1v) is 4.78. The average Bonchev–Trinajstić information content (AvgIpc) is 2.60. The molecule has 0 saturated heterocycles. The standard InChI is InChI=1S/C8H13F3N4O/c9-8(10,11)1-2-12-5-7-6-15(3-4-16)14-13-7/h6,12,16H,1-5H2. The van der Waals surface area contributed by atoms with Crippen molar-refractivity contribution in [1.29, 1.82) is 0 Å². The van der Waals surface area contributed by atoms with Crippen molar-refractivity contribution in [3.05, 3.63) is 11.9 Å². The average molecular weight is 238 g/mol. The van der Waals surface area contributed by atoms with Gasteiger partial charge in [-0.3, -0.25) is 0 Å². The zero-order chi connectivity index (χ0) is 12.0. The number of alkyl halides is 3. The molecule has 8 heteroatoms. The summed E-state index contributed by atoms with van der Waals surface area (Å²) in [6.45, 7) is 0.373. The van der Waals surface area contributed by atoms with Gasteiger partial charge in [0.15, 0.2) is 0 Å². The van der Waals surface area contributed by atoms with Crippen LogP contribution < -0.4 is 5.32 Å². The first-order valence-electron chi connectivity index (χ1n) is 4.78. The van der Waals surface area contributed by atoms with Gasteiger partial charge in [0.1, 0.15) is 0 Å². The quantitative estimate of drug-likeness (QED) is 0.700. The summed E-state index contributed by atoms with van der Waals surface area (Å²) in [5.74, 6) is 0. The summed E-state index contributed by atoms with van der Waals surface area (Å²) in [6, 6.07) is 0. The maximum Gasteiger partial charge on any atom is 0.390 e. The highest BCUT2D eigenvalue weighted by molar-refractivity contribution is 4.91. The summed E-state index contributed by atoms with van der Waals surface area (Å²) < 4.78 is 36.8. The van der Waals surface area contributed by atoms with Crippen molar-refractivity contribution in [3.8, 4) is 0 Å². The third kappa shape index (κ3) is 5.08. The molecule has 0 saturated carbocycles. The molecule has 0 aliphatic carbocycles. The maximum absolute atomic E-state index is 11.8. The molecule has 0 atom stereocenters. The zero-order valence-corrected chi connectivity index (χ0v) is 8.54. The Bertz CT molecular complexity index is 312. The fourth-order valence-electron chi connectivity index (χ4n) is 1.08. The van der Waals surface area contributed by atoms with E-state index in [4.69, 9.17) is 5.11 Å². The van der Waals surface area contributed by atoms with Crippen LogP contribution in [-0.2, 0) is 13.1 Å². The number of aliphatic hydroxyl groups excluding tert-OH is 1. The highest BCUT2D eigenvalue weighted by atomic mass is 19.4. The Hall–Kier alpha value is -1.15. The maximum atomic E-state index is 11.8. The van der Waals surface area contributed by atoms with Crippen molar-refractivity contribution in [1.82, 2.24) is 20.3 Å². The van der Waals surface area contributed by atoms with Gasteiger partial charge < -0.3 is 10.4 Å². The number of nitrogens with zero attached hydrogens (tertiary/aromatic N) is 3. The Labute approximate surface area is 90.3 Å². The van der Waals surface area contributed by atoms with Gasteiger partial charge in [-0.2, -0.15) is 13.2 Å². The Kier molecular flexibility index (Phi) is 4.69. The van der Waals surface area contributed by atoms with Crippen LogP contribution in [0.25, 0.3) is 0 Å². The van der Waals surface area contributed by atoms with E-state index in [0.29, 0.717) is 12.2 Å². The Morgan fingerprint density at radius 2 is 2.19 bits per heavy atom. The minimum Gasteiger partial charge on any atom is -0.394 e. The molecular formula is C8H13F3N4O. The first-order chi connectivity index (χ1) is 7.51. The normalized spacial score (nSPS) is 12.0. The minimum atomic E-state index is -4.14. The summed E-state index contributed by atoms with van der Waals surface area (Å²) in [4.78, 5) is 0. The molecule has 1 aromatic heterocycles. The van der Waals surface area contributed by atoms with E-state index in [9.17, 15) is 13.2 Å². The van der Waals surface area contributed by atoms with Gasteiger partial charge >= 0.3 is 6.18 Å². The van der Waals surface area contributed by atoms with Crippen LogP contribution in [0.1, 0.15) is 12.1 Å². The van der Waals surface area contributed by atoms with Crippen molar-refractivity contribution in [3.63, 3.8) is 0 Å². The van der Waals surface area contributed by atoms with Crippen molar-refractivity contribution < 1.29 is 18.3 Å². The van der Waals surface area contributed by atoms with E-state index in [1.807, 2.05) is 0 Å². The molecular weight excluding hydrogens is 225 g/mol. The van der Waals surface area contributed by atoms with Gasteiger partial charge in [0.05, 0.1) is 25.3 Å². The van der Waals surface area contributed by atoms with Gasteiger partial charge in [-0.1, -0.05) is 5.21 Å². The molecule has 0 unspecified atom stereocenters. The molecule has 0 spiro atoms. The molecule has 16 heavy (non-hydrogen) atoms. The second-order valence-corrected chi connectivity index (χ2v) is 3.24. The van der Waals surface area contributed by atoms with E-state index in [1.165, 1.54) is 4.68 Å². The van der Waals surface area contributed by atoms with E-state index in [1.54, 1.807) is 6.20 Å². The van der Waals surface area contributed by atoms with E-state index >= 15 is 0 Å². The van der Waals surface area contributed by atoms with Crippen LogP contribution in [0.4, 0.5) is 13.2 Å². The van der Waals surface area contributed by atoms with Gasteiger partial charge in [0, 0.05) is 19.3 Å². The SMILES string of the molecule is OCCn1cc(CNCCC(F)(F)F)nn1. The Balaban J connectivity index is 2.21. The summed E-state index contributed by atoms with van der Waals surface area (Å²) in [7, 11) is 0. The van der Waals surface area contributed by atoms with Crippen LogP contribution in [0.2, 0.25) is 0 Å². The number of halogens is 3. The van der Waals surface area contributed by atoms with Gasteiger partial charge in [-0.25, -0.2) is 4.68 Å². The highest BCUT2D eigenvalue weighted by Crippen LogP contribution is 2.18. The molecule has 5 nitrogen and oxygen atoms in total. The number of hydrogen-bond donors (Lipinski definition) is 2. The lowest BCUT2D eigenvalue weighted by Crippen LogP contribution is -2.21. The number of hydrogen-bond acceptors (Lipinski definition) is 4. The number of aromatic nitrogens is 3. The third-order valence-corrected chi connectivity index (χ3v) is 1.81. The van der Waals surface area contributed by atoms with Crippen LogP contribution in [0.5, 0.6) is 0 Å². The molecule has 1 rings (SSSR count). The molecule has 0 amide bonds. The van der Waals surface area contributed by atoms with Crippen molar-refractivity contribution >= 4 is 0 Å². The largest absolute Gasteiger partial charge is 0.394 e. The molecule has 1 aromatic rings. The molecule has 1 heterocycles. The van der Waals surface area contributed by atoms with E-state index < -0.39 is 12.6 Å². The first kappa shape index (κ1) is 12.9.